The van der Waals surface area contributed by atoms with Crippen molar-refractivity contribution >= 4 is 21.5 Å². The van der Waals surface area contributed by atoms with E-state index < -0.39 is 10.0 Å². The Morgan fingerprint density at radius 3 is 2.22 bits per heavy atom. The maximum absolute atomic E-state index is 12.7. The van der Waals surface area contributed by atoms with Crippen molar-refractivity contribution in [1.82, 2.24) is 4.31 Å². The van der Waals surface area contributed by atoms with Crippen LogP contribution in [0.5, 0.6) is 0 Å². The van der Waals surface area contributed by atoms with Gasteiger partial charge in [-0.2, -0.15) is 4.31 Å². The van der Waals surface area contributed by atoms with E-state index >= 15 is 0 Å². The molecular weight excluding hydrogens is 360 g/mol. The molecule has 27 heavy (non-hydrogen) atoms. The molecule has 1 heterocycles. The van der Waals surface area contributed by atoms with Gasteiger partial charge in [-0.3, -0.25) is 4.79 Å². The van der Waals surface area contributed by atoms with E-state index in [-0.39, 0.29) is 17.2 Å². The molecule has 1 saturated heterocycles. The van der Waals surface area contributed by atoms with Crippen molar-refractivity contribution in [1.29, 1.82) is 0 Å². The zero-order chi connectivity index (χ0) is 19.4. The third-order valence-electron chi connectivity index (χ3n) is 5.06. The number of Topliss-reactive ketones (excluding diaryl/α,β-unsaturated/α-hetero) is 1. The molecule has 0 unspecified atom stereocenters. The van der Waals surface area contributed by atoms with Gasteiger partial charge in [-0.15, -0.1) is 0 Å². The number of rotatable bonds is 6. The molecule has 0 bridgehead atoms. The lowest BCUT2D eigenvalue weighted by Crippen LogP contribution is -2.37. The van der Waals surface area contributed by atoms with Gasteiger partial charge in [0, 0.05) is 24.3 Å². The minimum absolute atomic E-state index is 0.0775. The minimum Gasteiger partial charge on any atom is -0.378 e. The summed E-state index contributed by atoms with van der Waals surface area (Å²) < 4.78 is 27.0. The summed E-state index contributed by atoms with van der Waals surface area (Å²) in [7, 11) is -3.48. The van der Waals surface area contributed by atoms with Crippen LogP contribution in [0.3, 0.4) is 0 Å². The first-order valence-electron chi connectivity index (χ1n) is 9.30. The molecule has 144 valence electrons. The molecule has 1 fully saturated rings. The van der Waals surface area contributed by atoms with E-state index in [1.165, 1.54) is 12.1 Å². The fourth-order valence-corrected chi connectivity index (χ4v) is 4.61. The lowest BCUT2D eigenvalue weighted by atomic mass is 10.0. The molecule has 3 rings (SSSR count). The summed E-state index contributed by atoms with van der Waals surface area (Å²) in [6, 6.07) is 14.1. The molecule has 2 aromatic rings. The maximum atomic E-state index is 12.7. The molecule has 6 heteroatoms. The molecule has 0 atom stereocenters. The summed E-state index contributed by atoms with van der Waals surface area (Å²) in [4.78, 5) is 12.6. The highest BCUT2D eigenvalue weighted by Gasteiger charge is 2.28. The molecule has 0 saturated carbocycles. The number of aryl methyl sites for hydroxylation is 1. The van der Waals surface area contributed by atoms with Crippen LogP contribution in [-0.2, 0) is 10.0 Å². The molecule has 1 aliphatic rings. The van der Waals surface area contributed by atoms with Crippen molar-refractivity contribution in [3.8, 4) is 0 Å². The summed E-state index contributed by atoms with van der Waals surface area (Å²) in [5, 5.41) is 3.09. The lowest BCUT2D eigenvalue weighted by molar-refractivity contribution is 0.101. The first kappa shape index (κ1) is 19.6. The number of anilines is 1. The number of ketones is 1. The van der Waals surface area contributed by atoms with E-state index in [0.717, 1.165) is 24.1 Å². The number of carbonyl (C=O) groups is 1. The second kappa shape index (κ2) is 8.23. The predicted octanol–water partition coefficient (Wildman–Crippen LogP) is 3.71. The molecule has 2 aromatic carbocycles. The van der Waals surface area contributed by atoms with Crippen LogP contribution in [0, 0.1) is 12.8 Å². The number of sulfonamides is 1. The lowest BCUT2D eigenvalue weighted by Gasteiger charge is -2.29. The highest BCUT2D eigenvalue weighted by atomic mass is 32.2. The van der Waals surface area contributed by atoms with Crippen molar-refractivity contribution in [3.05, 3.63) is 59.7 Å². The Balaban J connectivity index is 1.63. The van der Waals surface area contributed by atoms with Crippen molar-refractivity contribution in [2.75, 3.05) is 25.0 Å². The Bertz CT molecular complexity index is 882. The summed E-state index contributed by atoms with van der Waals surface area (Å²) in [6.07, 6.45) is 1.78. The number of hydrogen-bond acceptors (Lipinski definition) is 4. The highest BCUT2D eigenvalue weighted by Crippen LogP contribution is 2.23. The van der Waals surface area contributed by atoms with Gasteiger partial charge < -0.3 is 5.32 Å². The van der Waals surface area contributed by atoms with Crippen LogP contribution in [0.4, 0.5) is 5.69 Å². The number of nitrogens with zero attached hydrogens (tertiary/aromatic N) is 1. The third-order valence-corrected chi connectivity index (χ3v) is 6.97. The summed E-state index contributed by atoms with van der Waals surface area (Å²) >= 11 is 0. The van der Waals surface area contributed by atoms with Crippen molar-refractivity contribution < 1.29 is 13.2 Å². The van der Waals surface area contributed by atoms with Crippen LogP contribution in [0.1, 0.15) is 35.7 Å². The number of nitrogens with one attached hydrogen (secondary N) is 1. The first-order valence-corrected chi connectivity index (χ1v) is 10.7. The first-order chi connectivity index (χ1) is 12.9. The van der Waals surface area contributed by atoms with E-state index in [2.05, 4.69) is 12.2 Å². The molecule has 5 nitrogen and oxygen atoms in total. The zero-order valence-electron chi connectivity index (χ0n) is 15.8. The molecule has 0 amide bonds. The fraction of sp³-hybridized carbons (Fsp3) is 0.381. The van der Waals surface area contributed by atoms with Crippen LogP contribution in [-0.4, -0.2) is 38.1 Å². The topological polar surface area (TPSA) is 66.5 Å². The Hall–Kier alpha value is -2.18. The Labute approximate surface area is 161 Å². The van der Waals surface area contributed by atoms with Gasteiger partial charge in [0.05, 0.1) is 11.4 Å². The van der Waals surface area contributed by atoms with Crippen molar-refractivity contribution in [2.45, 2.75) is 31.6 Å². The molecule has 0 aromatic heterocycles. The second-order valence-corrected chi connectivity index (χ2v) is 9.19. The molecule has 0 radical (unpaired) electrons. The average Bonchev–Trinajstić information content (AvgIpc) is 2.68. The van der Waals surface area contributed by atoms with E-state index in [1.807, 2.05) is 31.2 Å². The average molecular weight is 387 g/mol. The zero-order valence-corrected chi connectivity index (χ0v) is 16.6. The number of benzene rings is 2. The standard InChI is InChI=1S/C21H26N2O3S/c1-16-3-7-19(8-4-16)22-15-21(24)18-5-9-20(10-6-18)27(25,26)23-13-11-17(2)12-14-23/h3-10,17,22H,11-15H2,1-2H3. The highest BCUT2D eigenvalue weighted by molar-refractivity contribution is 7.89. The van der Waals surface area contributed by atoms with E-state index in [9.17, 15) is 13.2 Å². The molecule has 0 aliphatic carbocycles. The van der Waals surface area contributed by atoms with Crippen LogP contribution < -0.4 is 5.32 Å². The van der Waals surface area contributed by atoms with Crippen LogP contribution >= 0.6 is 0 Å². The van der Waals surface area contributed by atoms with Gasteiger partial charge in [-0.1, -0.05) is 24.6 Å². The summed E-state index contributed by atoms with van der Waals surface area (Å²) in [5.41, 5.74) is 2.54. The summed E-state index contributed by atoms with van der Waals surface area (Å²) in [5.74, 6) is 0.490. The van der Waals surface area contributed by atoms with Gasteiger partial charge in [0.25, 0.3) is 0 Å². The van der Waals surface area contributed by atoms with Crippen LogP contribution in [0.2, 0.25) is 0 Å². The third kappa shape index (κ3) is 4.76. The van der Waals surface area contributed by atoms with Gasteiger partial charge in [0.1, 0.15) is 0 Å². The van der Waals surface area contributed by atoms with Crippen LogP contribution in [0.15, 0.2) is 53.4 Å². The van der Waals surface area contributed by atoms with Gasteiger partial charge in [-0.25, -0.2) is 8.42 Å². The quantitative estimate of drug-likeness (QED) is 0.769. The fourth-order valence-electron chi connectivity index (χ4n) is 3.14. The second-order valence-electron chi connectivity index (χ2n) is 7.25. The van der Waals surface area contributed by atoms with Gasteiger partial charge in [-0.05, 0) is 62.1 Å². The Morgan fingerprint density at radius 1 is 1.04 bits per heavy atom. The number of carbonyl (C=O) groups excluding carboxylic acids is 1. The predicted molar refractivity (Wildman–Crippen MR) is 108 cm³/mol. The Morgan fingerprint density at radius 2 is 1.63 bits per heavy atom. The molecule has 1 N–H and O–H groups in total. The Kier molecular flexibility index (Phi) is 5.97. The monoisotopic (exact) mass is 386 g/mol. The van der Waals surface area contributed by atoms with Crippen molar-refractivity contribution in [3.63, 3.8) is 0 Å². The molecule has 0 spiro atoms. The van der Waals surface area contributed by atoms with E-state index in [0.29, 0.717) is 24.6 Å². The van der Waals surface area contributed by atoms with Crippen molar-refractivity contribution in [2.24, 2.45) is 5.92 Å². The normalized spacial score (nSPS) is 16.2. The van der Waals surface area contributed by atoms with Gasteiger partial charge >= 0.3 is 0 Å². The van der Waals surface area contributed by atoms with E-state index in [1.54, 1.807) is 16.4 Å². The largest absolute Gasteiger partial charge is 0.378 e. The van der Waals surface area contributed by atoms with Gasteiger partial charge in [0.2, 0.25) is 10.0 Å². The molecule has 1 aliphatic heterocycles. The SMILES string of the molecule is Cc1ccc(NCC(=O)c2ccc(S(=O)(=O)N3CCC(C)CC3)cc2)cc1. The van der Waals surface area contributed by atoms with Gasteiger partial charge in [0.15, 0.2) is 5.78 Å². The number of hydrogen-bond donors (Lipinski definition) is 1. The van der Waals surface area contributed by atoms with E-state index in [4.69, 9.17) is 0 Å². The smallest absolute Gasteiger partial charge is 0.243 e. The maximum Gasteiger partial charge on any atom is 0.243 e. The minimum atomic E-state index is -3.48. The van der Waals surface area contributed by atoms with Crippen LogP contribution in [0.25, 0.3) is 0 Å². The number of piperidine rings is 1. The summed E-state index contributed by atoms with van der Waals surface area (Å²) in [6.45, 7) is 5.44. The molecular formula is C21H26N2O3S.